The van der Waals surface area contributed by atoms with Gasteiger partial charge in [-0.15, -0.1) is 0 Å². The smallest absolute Gasteiger partial charge is 0.252 e. The van der Waals surface area contributed by atoms with Crippen molar-refractivity contribution in [3.05, 3.63) is 11.7 Å². The SMILES string of the molecule is COCCc1noc(CO)n1. The van der Waals surface area contributed by atoms with Crippen LogP contribution in [0.2, 0.25) is 0 Å². The predicted molar refractivity (Wildman–Crippen MR) is 35.8 cm³/mol. The molecule has 0 spiro atoms. The maximum Gasteiger partial charge on any atom is 0.252 e. The molecule has 0 radical (unpaired) electrons. The van der Waals surface area contributed by atoms with E-state index in [2.05, 4.69) is 14.7 Å². The summed E-state index contributed by atoms with van der Waals surface area (Å²) in [6.07, 6.45) is 0.611. The average molecular weight is 158 g/mol. The Balaban J connectivity index is 2.44. The highest BCUT2D eigenvalue weighted by molar-refractivity contribution is 4.84. The van der Waals surface area contributed by atoms with Crippen LogP contribution >= 0.6 is 0 Å². The van der Waals surface area contributed by atoms with Gasteiger partial charge in [0.1, 0.15) is 6.61 Å². The number of nitrogens with zero attached hydrogens (tertiary/aromatic N) is 2. The van der Waals surface area contributed by atoms with Crippen molar-refractivity contribution in [3.63, 3.8) is 0 Å². The van der Waals surface area contributed by atoms with E-state index in [1.807, 2.05) is 0 Å². The Kier molecular flexibility index (Phi) is 3.00. The van der Waals surface area contributed by atoms with Gasteiger partial charge in [0, 0.05) is 13.5 Å². The molecule has 1 rings (SSSR count). The second-order valence-corrected chi connectivity index (χ2v) is 2.01. The van der Waals surface area contributed by atoms with Gasteiger partial charge in [0.15, 0.2) is 5.82 Å². The summed E-state index contributed by atoms with van der Waals surface area (Å²) < 4.78 is 9.45. The van der Waals surface area contributed by atoms with Crippen LogP contribution in [0.15, 0.2) is 4.52 Å². The molecule has 0 atom stereocenters. The predicted octanol–water partition coefficient (Wildman–Crippen LogP) is -0.249. The van der Waals surface area contributed by atoms with Crippen LogP contribution < -0.4 is 0 Å². The van der Waals surface area contributed by atoms with Crippen LogP contribution in [0.1, 0.15) is 11.7 Å². The van der Waals surface area contributed by atoms with Crippen LogP contribution in [0.4, 0.5) is 0 Å². The summed E-state index contributed by atoms with van der Waals surface area (Å²) in [6, 6.07) is 0. The Morgan fingerprint density at radius 1 is 1.64 bits per heavy atom. The average Bonchev–Trinajstić information content (AvgIpc) is 2.48. The largest absolute Gasteiger partial charge is 0.387 e. The van der Waals surface area contributed by atoms with Crippen LogP contribution in [-0.2, 0) is 17.8 Å². The molecule has 1 aromatic rings. The van der Waals surface area contributed by atoms with Crippen LogP contribution in [0, 0.1) is 0 Å². The summed E-state index contributed by atoms with van der Waals surface area (Å²) in [5.74, 6) is 0.812. The monoisotopic (exact) mass is 158 g/mol. The summed E-state index contributed by atoms with van der Waals surface area (Å²) in [5.41, 5.74) is 0. The molecule has 5 heteroatoms. The van der Waals surface area contributed by atoms with Crippen molar-refractivity contribution in [1.29, 1.82) is 0 Å². The minimum Gasteiger partial charge on any atom is -0.387 e. The van der Waals surface area contributed by atoms with E-state index in [1.54, 1.807) is 7.11 Å². The second-order valence-electron chi connectivity index (χ2n) is 2.01. The molecular weight excluding hydrogens is 148 g/mol. The molecule has 1 heterocycles. The van der Waals surface area contributed by atoms with E-state index in [0.717, 1.165) is 0 Å². The molecule has 11 heavy (non-hydrogen) atoms. The van der Waals surface area contributed by atoms with Crippen LogP contribution in [-0.4, -0.2) is 29.0 Å². The van der Waals surface area contributed by atoms with E-state index in [4.69, 9.17) is 9.84 Å². The first-order valence-electron chi connectivity index (χ1n) is 3.28. The first-order valence-corrected chi connectivity index (χ1v) is 3.28. The molecule has 0 fully saturated rings. The van der Waals surface area contributed by atoms with Gasteiger partial charge in [-0.25, -0.2) is 0 Å². The van der Waals surface area contributed by atoms with Gasteiger partial charge in [-0.05, 0) is 0 Å². The van der Waals surface area contributed by atoms with Crippen molar-refractivity contribution in [3.8, 4) is 0 Å². The fourth-order valence-corrected chi connectivity index (χ4v) is 0.649. The Labute approximate surface area is 64.0 Å². The zero-order chi connectivity index (χ0) is 8.10. The van der Waals surface area contributed by atoms with Gasteiger partial charge < -0.3 is 14.4 Å². The molecular formula is C6H10N2O3. The molecule has 0 aliphatic carbocycles. The molecule has 0 saturated carbocycles. The zero-order valence-electron chi connectivity index (χ0n) is 6.28. The van der Waals surface area contributed by atoms with Crippen molar-refractivity contribution in [2.45, 2.75) is 13.0 Å². The number of aliphatic hydroxyl groups excluding tert-OH is 1. The van der Waals surface area contributed by atoms with E-state index >= 15 is 0 Å². The highest BCUT2D eigenvalue weighted by atomic mass is 16.5. The molecule has 1 N–H and O–H groups in total. The van der Waals surface area contributed by atoms with Gasteiger partial charge in [-0.1, -0.05) is 5.16 Å². The topological polar surface area (TPSA) is 68.4 Å². The summed E-state index contributed by atoms with van der Waals surface area (Å²) in [4.78, 5) is 3.86. The van der Waals surface area contributed by atoms with Crippen LogP contribution in [0.5, 0.6) is 0 Å². The maximum absolute atomic E-state index is 8.55. The molecule has 0 aliphatic rings. The lowest BCUT2D eigenvalue weighted by Gasteiger charge is -1.89. The third-order valence-electron chi connectivity index (χ3n) is 1.18. The van der Waals surface area contributed by atoms with E-state index < -0.39 is 0 Å². The Morgan fingerprint density at radius 2 is 2.45 bits per heavy atom. The highest BCUT2D eigenvalue weighted by Crippen LogP contribution is 1.97. The quantitative estimate of drug-likeness (QED) is 0.654. The number of hydrogen-bond acceptors (Lipinski definition) is 5. The van der Waals surface area contributed by atoms with E-state index in [-0.39, 0.29) is 12.5 Å². The number of methoxy groups -OCH3 is 1. The first-order chi connectivity index (χ1) is 5.36. The number of aromatic nitrogens is 2. The van der Waals surface area contributed by atoms with Gasteiger partial charge in [-0.2, -0.15) is 4.98 Å². The number of rotatable bonds is 4. The molecule has 0 amide bonds. The Bertz CT molecular complexity index is 211. The van der Waals surface area contributed by atoms with Crippen molar-refractivity contribution in [1.82, 2.24) is 10.1 Å². The van der Waals surface area contributed by atoms with Crippen LogP contribution in [0.25, 0.3) is 0 Å². The fraction of sp³-hybridized carbons (Fsp3) is 0.667. The summed E-state index contributed by atoms with van der Waals surface area (Å²) in [5, 5.41) is 12.1. The Hall–Kier alpha value is -0.940. The summed E-state index contributed by atoms with van der Waals surface area (Å²) >= 11 is 0. The van der Waals surface area contributed by atoms with Gasteiger partial charge in [0.2, 0.25) is 0 Å². The van der Waals surface area contributed by atoms with Crippen molar-refractivity contribution in [2.24, 2.45) is 0 Å². The lowest BCUT2D eigenvalue weighted by Crippen LogP contribution is -1.96. The van der Waals surface area contributed by atoms with Crippen molar-refractivity contribution < 1.29 is 14.4 Å². The molecule has 1 aromatic heterocycles. The van der Waals surface area contributed by atoms with Gasteiger partial charge in [-0.3, -0.25) is 0 Å². The van der Waals surface area contributed by atoms with Crippen molar-refractivity contribution >= 4 is 0 Å². The highest BCUT2D eigenvalue weighted by Gasteiger charge is 2.03. The molecule has 0 bridgehead atoms. The van der Waals surface area contributed by atoms with E-state index in [9.17, 15) is 0 Å². The van der Waals surface area contributed by atoms with E-state index in [1.165, 1.54) is 0 Å². The molecule has 5 nitrogen and oxygen atoms in total. The lowest BCUT2D eigenvalue weighted by molar-refractivity contribution is 0.199. The minimum absolute atomic E-state index is 0.208. The minimum atomic E-state index is -0.208. The molecule has 0 saturated heterocycles. The lowest BCUT2D eigenvalue weighted by atomic mass is 10.4. The fourth-order valence-electron chi connectivity index (χ4n) is 0.649. The summed E-state index contributed by atoms with van der Waals surface area (Å²) in [7, 11) is 1.60. The second kappa shape index (κ2) is 4.05. The van der Waals surface area contributed by atoms with Gasteiger partial charge in [0.25, 0.3) is 5.89 Å². The maximum atomic E-state index is 8.55. The Morgan fingerprint density at radius 3 is 3.00 bits per heavy atom. The zero-order valence-corrected chi connectivity index (χ0v) is 6.28. The third-order valence-corrected chi connectivity index (χ3v) is 1.18. The number of aliphatic hydroxyl groups is 1. The van der Waals surface area contributed by atoms with Gasteiger partial charge >= 0.3 is 0 Å². The molecule has 0 aromatic carbocycles. The van der Waals surface area contributed by atoms with Crippen molar-refractivity contribution in [2.75, 3.05) is 13.7 Å². The van der Waals surface area contributed by atoms with Gasteiger partial charge in [0.05, 0.1) is 6.61 Å². The summed E-state index contributed by atoms with van der Waals surface area (Å²) in [6.45, 7) is 0.352. The molecule has 62 valence electrons. The number of hydrogen-bond donors (Lipinski definition) is 1. The first kappa shape index (κ1) is 8.16. The molecule has 0 unspecified atom stereocenters. The standard InChI is InChI=1S/C6H10N2O3/c1-10-3-2-5-7-6(4-9)11-8-5/h9H,2-4H2,1H3. The van der Waals surface area contributed by atoms with Crippen LogP contribution in [0.3, 0.4) is 0 Å². The third kappa shape index (κ3) is 2.28. The number of ether oxygens (including phenoxy) is 1. The van der Waals surface area contributed by atoms with E-state index in [0.29, 0.717) is 18.9 Å². The normalized spacial score (nSPS) is 10.4. The molecule has 0 aliphatic heterocycles.